The standard InChI is InChI=1S/C18H21N3O6/c1-2-8-19-18(26)20-14(22)11-27-16(24)7-9-21-15(23)10-12-5-3-4-6-13(12)17(21)25/h3-6H,2,7-11H2,1H3,(H2,19,20,22,26). The zero-order valence-electron chi connectivity index (χ0n) is 14.9. The fourth-order valence-electron chi connectivity index (χ4n) is 2.49. The Morgan fingerprint density at radius 1 is 1.19 bits per heavy atom. The summed E-state index contributed by atoms with van der Waals surface area (Å²) in [6.45, 7) is 1.52. The smallest absolute Gasteiger partial charge is 0.321 e. The van der Waals surface area contributed by atoms with Crippen molar-refractivity contribution >= 4 is 29.7 Å². The second kappa shape index (κ2) is 9.46. The topological polar surface area (TPSA) is 122 Å². The first-order chi connectivity index (χ1) is 12.9. The van der Waals surface area contributed by atoms with E-state index in [0.29, 0.717) is 17.7 Å². The van der Waals surface area contributed by atoms with Gasteiger partial charge in [0.25, 0.3) is 11.8 Å². The van der Waals surface area contributed by atoms with E-state index in [2.05, 4.69) is 5.32 Å². The Bertz CT molecular complexity index is 761. The highest BCUT2D eigenvalue weighted by atomic mass is 16.5. The van der Waals surface area contributed by atoms with Gasteiger partial charge in [-0.1, -0.05) is 25.1 Å². The van der Waals surface area contributed by atoms with Gasteiger partial charge >= 0.3 is 12.0 Å². The maximum absolute atomic E-state index is 12.4. The Labute approximate surface area is 156 Å². The number of imide groups is 2. The van der Waals surface area contributed by atoms with Gasteiger partial charge in [-0.15, -0.1) is 0 Å². The van der Waals surface area contributed by atoms with Crippen LogP contribution in [0.25, 0.3) is 0 Å². The van der Waals surface area contributed by atoms with Gasteiger partial charge in [0, 0.05) is 18.7 Å². The molecule has 5 amide bonds. The van der Waals surface area contributed by atoms with Gasteiger partial charge in [-0.05, 0) is 18.1 Å². The molecule has 2 rings (SSSR count). The van der Waals surface area contributed by atoms with Crippen molar-refractivity contribution in [1.82, 2.24) is 15.5 Å². The second-order valence-electron chi connectivity index (χ2n) is 5.90. The normalized spacial score (nSPS) is 13.0. The minimum Gasteiger partial charge on any atom is -0.456 e. The number of esters is 1. The predicted molar refractivity (Wildman–Crippen MR) is 93.6 cm³/mol. The van der Waals surface area contributed by atoms with Crippen LogP contribution >= 0.6 is 0 Å². The fraction of sp³-hybridized carbons (Fsp3) is 0.389. The summed E-state index contributed by atoms with van der Waals surface area (Å²) < 4.78 is 4.76. The van der Waals surface area contributed by atoms with Crippen LogP contribution in [-0.4, -0.2) is 54.3 Å². The number of carbonyl (C=O) groups excluding carboxylic acids is 5. The molecule has 9 heteroatoms. The number of nitrogens with zero attached hydrogens (tertiary/aromatic N) is 1. The Morgan fingerprint density at radius 2 is 1.93 bits per heavy atom. The van der Waals surface area contributed by atoms with Crippen LogP contribution in [0.2, 0.25) is 0 Å². The lowest BCUT2D eigenvalue weighted by atomic mass is 9.98. The number of urea groups is 1. The second-order valence-corrected chi connectivity index (χ2v) is 5.90. The molecule has 0 aromatic heterocycles. The van der Waals surface area contributed by atoms with E-state index in [4.69, 9.17) is 4.74 Å². The highest BCUT2D eigenvalue weighted by Crippen LogP contribution is 2.19. The van der Waals surface area contributed by atoms with Crippen LogP contribution < -0.4 is 10.6 Å². The summed E-state index contributed by atoms with van der Waals surface area (Å²) in [5.41, 5.74) is 1.09. The zero-order chi connectivity index (χ0) is 19.8. The lowest BCUT2D eigenvalue weighted by Crippen LogP contribution is -2.43. The van der Waals surface area contributed by atoms with Crippen molar-refractivity contribution in [2.45, 2.75) is 26.2 Å². The molecule has 0 radical (unpaired) electrons. The Kier molecular flexibility index (Phi) is 7.04. The van der Waals surface area contributed by atoms with Gasteiger partial charge < -0.3 is 10.1 Å². The Hall–Kier alpha value is -3.23. The highest BCUT2D eigenvalue weighted by Gasteiger charge is 2.30. The molecule has 1 aliphatic rings. The van der Waals surface area contributed by atoms with E-state index < -0.39 is 36.3 Å². The van der Waals surface area contributed by atoms with E-state index in [9.17, 15) is 24.0 Å². The number of nitrogens with one attached hydrogen (secondary N) is 2. The average molecular weight is 375 g/mol. The van der Waals surface area contributed by atoms with Gasteiger partial charge in [0.2, 0.25) is 5.91 Å². The molecular formula is C18H21N3O6. The van der Waals surface area contributed by atoms with Crippen molar-refractivity contribution in [2.75, 3.05) is 19.7 Å². The molecule has 27 heavy (non-hydrogen) atoms. The van der Waals surface area contributed by atoms with Gasteiger partial charge in [0.05, 0.1) is 12.8 Å². The minimum absolute atomic E-state index is 0.0895. The number of ether oxygens (including phenoxy) is 1. The maximum atomic E-state index is 12.4. The molecule has 1 aromatic rings. The summed E-state index contributed by atoms with van der Waals surface area (Å²) in [6.07, 6.45) is 0.566. The highest BCUT2D eigenvalue weighted by molar-refractivity contribution is 6.09. The van der Waals surface area contributed by atoms with Crippen LogP contribution in [0.15, 0.2) is 24.3 Å². The number of fused-ring (bicyclic) bond motifs is 1. The van der Waals surface area contributed by atoms with Gasteiger partial charge in [0.15, 0.2) is 6.61 Å². The van der Waals surface area contributed by atoms with Crippen LogP contribution in [-0.2, 0) is 25.5 Å². The van der Waals surface area contributed by atoms with Gasteiger partial charge in [0.1, 0.15) is 0 Å². The quantitative estimate of drug-likeness (QED) is 0.525. The number of carbonyl (C=O) groups is 5. The summed E-state index contributed by atoms with van der Waals surface area (Å²) in [6, 6.07) is 6.13. The molecule has 144 valence electrons. The summed E-state index contributed by atoms with van der Waals surface area (Å²) in [4.78, 5) is 60.0. The summed E-state index contributed by atoms with van der Waals surface area (Å²) >= 11 is 0. The molecule has 0 saturated heterocycles. The van der Waals surface area contributed by atoms with Crippen molar-refractivity contribution in [1.29, 1.82) is 0 Å². The number of hydrogen-bond donors (Lipinski definition) is 2. The molecular weight excluding hydrogens is 354 g/mol. The molecule has 0 atom stereocenters. The number of amides is 5. The molecule has 1 aromatic carbocycles. The number of rotatable bonds is 7. The molecule has 0 bridgehead atoms. The van der Waals surface area contributed by atoms with Crippen LogP contribution in [0.3, 0.4) is 0 Å². The third-order valence-corrected chi connectivity index (χ3v) is 3.83. The largest absolute Gasteiger partial charge is 0.456 e. The van der Waals surface area contributed by atoms with Crippen molar-refractivity contribution in [3.63, 3.8) is 0 Å². The maximum Gasteiger partial charge on any atom is 0.321 e. The Morgan fingerprint density at radius 3 is 2.67 bits per heavy atom. The van der Waals surface area contributed by atoms with Crippen molar-refractivity contribution in [3.05, 3.63) is 35.4 Å². The van der Waals surface area contributed by atoms with Gasteiger partial charge in [-0.3, -0.25) is 29.4 Å². The molecule has 0 saturated carbocycles. The lowest BCUT2D eigenvalue weighted by Gasteiger charge is -2.26. The lowest BCUT2D eigenvalue weighted by molar-refractivity contribution is -0.148. The van der Waals surface area contributed by atoms with E-state index >= 15 is 0 Å². The van der Waals surface area contributed by atoms with Crippen LogP contribution in [0.4, 0.5) is 4.79 Å². The molecule has 0 aliphatic carbocycles. The monoisotopic (exact) mass is 375 g/mol. The Balaban J connectivity index is 1.77. The summed E-state index contributed by atoms with van der Waals surface area (Å²) in [5.74, 6) is -2.37. The van der Waals surface area contributed by atoms with E-state index in [-0.39, 0.29) is 19.4 Å². The third kappa shape index (κ3) is 5.63. The fourth-order valence-corrected chi connectivity index (χ4v) is 2.49. The molecule has 2 N–H and O–H groups in total. The van der Waals surface area contributed by atoms with Crippen molar-refractivity contribution < 1.29 is 28.7 Å². The summed E-state index contributed by atoms with van der Waals surface area (Å²) in [5, 5.41) is 4.46. The first-order valence-electron chi connectivity index (χ1n) is 8.58. The zero-order valence-corrected chi connectivity index (χ0v) is 14.9. The number of benzene rings is 1. The molecule has 0 unspecified atom stereocenters. The SMILES string of the molecule is CCCNC(=O)NC(=O)COC(=O)CCN1C(=O)Cc2ccccc2C1=O. The van der Waals surface area contributed by atoms with E-state index in [1.165, 1.54) is 0 Å². The molecule has 9 nitrogen and oxygen atoms in total. The summed E-state index contributed by atoms with van der Waals surface area (Å²) in [7, 11) is 0. The molecule has 1 aliphatic heterocycles. The van der Waals surface area contributed by atoms with Crippen molar-refractivity contribution in [2.24, 2.45) is 0 Å². The molecule has 0 spiro atoms. The van der Waals surface area contributed by atoms with E-state index in [1.54, 1.807) is 24.3 Å². The van der Waals surface area contributed by atoms with Crippen molar-refractivity contribution in [3.8, 4) is 0 Å². The third-order valence-electron chi connectivity index (χ3n) is 3.83. The van der Waals surface area contributed by atoms with Crippen LogP contribution in [0, 0.1) is 0 Å². The number of hydrogen-bond acceptors (Lipinski definition) is 6. The molecule has 0 fully saturated rings. The van der Waals surface area contributed by atoms with Gasteiger partial charge in [-0.25, -0.2) is 4.79 Å². The average Bonchev–Trinajstić information content (AvgIpc) is 2.64. The van der Waals surface area contributed by atoms with Crippen LogP contribution in [0.5, 0.6) is 0 Å². The predicted octanol–water partition coefficient (Wildman–Crippen LogP) is 0.381. The first-order valence-corrected chi connectivity index (χ1v) is 8.58. The van der Waals surface area contributed by atoms with E-state index in [0.717, 1.165) is 11.3 Å². The van der Waals surface area contributed by atoms with Gasteiger partial charge in [-0.2, -0.15) is 0 Å². The minimum atomic E-state index is -0.768. The van der Waals surface area contributed by atoms with E-state index in [1.807, 2.05) is 12.2 Å². The molecule has 1 heterocycles. The first kappa shape index (κ1) is 20.1. The van der Waals surface area contributed by atoms with Crippen LogP contribution in [0.1, 0.15) is 35.7 Å².